The minimum Gasteiger partial charge on any atom is -0.396 e. The van der Waals surface area contributed by atoms with Gasteiger partial charge in [-0.3, -0.25) is 4.98 Å². The number of rotatable bonds is 4. The van der Waals surface area contributed by atoms with E-state index in [-0.39, 0.29) is 0 Å². The number of nitrogen functional groups attached to an aromatic ring is 1. The van der Waals surface area contributed by atoms with Gasteiger partial charge in [0.2, 0.25) is 0 Å². The molecule has 0 saturated heterocycles. The van der Waals surface area contributed by atoms with E-state index in [0.717, 1.165) is 33.5 Å². The molecule has 1 aromatic heterocycles. The molecule has 0 bridgehead atoms. The van der Waals surface area contributed by atoms with Gasteiger partial charge < -0.3 is 11.1 Å². The molecule has 0 aliphatic heterocycles. The summed E-state index contributed by atoms with van der Waals surface area (Å²) in [5, 5.41) is 4.60. The first-order valence-corrected chi connectivity index (χ1v) is 7.52. The highest BCUT2D eigenvalue weighted by atomic mass is 79.9. The summed E-state index contributed by atoms with van der Waals surface area (Å²) in [6.07, 6.45) is 4.49. The molecule has 1 heterocycles. The maximum atomic E-state index is 6.07. The number of pyridine rings is 1. The number of halogens is 1. The van der Waals surface area contributed by atoms with Crippen molar-refractivity contribution in [3.05, 3.63) is 28.9 Å². The van der Waals surface area contributed by atoms with Crippen molar-refractivity contribution in [3.63, 3.8) is 0 Å². The third kappa shape index (κ3) is 2.68. The van der Waals surface area contributed by atoms with Gasteiger partial charge in [-0.2, -0.15) is 0 Å². The van der Waals surface area contributed by atoms with Gasteiger partial charge >= 0.3 is 0 Å². The fourth-order valence-electron chi connectivity index (χ4n) is 2.47. The Balaban J connectivity index is 1.91. The predicted octanol–water partition coefficient (Wildman–Crippen LogP) is 4.04. The van der Waals surface area contributed by atoms with Crippen molar-refractivity contribution in [2.45, 2.75) is 19.8 Å². The fraction of sp³-hybridized carbons (Fsp3) is 0.400. The Bertz CT molecular complexity index is 602. The largest absolute Gasteiger partial charge is 0.396 e. The Hall–Kier alpha value is -1.29. The number of nitrogens with two attached hydrogens (primary N) is 1. The van der Waals surface area contributed by atoms with Gasteiger partial charge in [0.1, 0.15) is 0 Å². The number of anilines is 2. The number of fused-ring (bicyclic) bond motifs is 1. The van der Waals surface area contributed by atoms with Crippen LogP contribution in [0.15, 0.2) is 28.9 Å². The molecule has 1 atom stereocenters. The zero-order chi connectivity index (χ0) is 13.4. The van der Waals surface area contributed by atoms with Crippen molar-refractivity contribution in [1.82, 2.24) is 4.98 Å². The van der Waals surface area contributed by atoms with Gasteiger partial charge in [-0.25, -0.2) is 0 Å². The summed E-state index contributed by atoms with van der Waals surface area (Å²) in [5.41, 5.74) is 8.77. The molecule has 1 fully saturated rings. The summed E-state index contributed by atoms with van der Waals surface area (Å²) in [4.78, 5) is 4.37. The molecule has 100 valence electrons. The van der Waals surface area contributed by atoms with Crippen LogP contribution in [-0.2, 0) is 0 Å². The second-order valence-electron chi connectivity index (χ2n) is 5.45. The Labute approximate surface area is 121 Å². The van der Waals surface area contributed by atoms with Crippen LogP contribution in [0.5, 0.6) is 0 Å². The van der Waals surface area contributed by atoms with Crippen LogP contribution in [0.1, 0.15) is 19.8 Å². The first-order chi connectivity index (χ1) is 9.15. The van der Waals surface area contributed by atoms with Crippen LogP contribution in [0.3, 0.4) is 0 Å². The number of nitrogens with zero attached hydrogens (tertiary/aromatic N) is 1. The van der Waals surface area contributed by atoms with E-state index in [0.29, 0.717) is 11.6 Å². The highest BCUT2D eigenvalue weighted by Gasteiger charge is 2.27. The van der Waals surface area contributed by atoms with Crippen molar-refractivity contribution < 1.29 is 0 Å². The minimum absolute atomic E-state index is 0.703. The molecule has 3 N–H and O–H groups in total. The highest BCUT2D eigenvalue weighted by molar-refractivity contribution is 9.10. The number of hydrogen-bond acceptors (Lipinski definition) is 3. The zero-order valence-electron chi connectivity index (χ0n) is 11.0. The van der Waals surface area contributed by atoms with Gasteiger partial charge in [0.05, 0.1) is 23.1 Å². The highest BCUT2D eigenvalue weighted by Crippen LogP contribution is 2.37. The van der Waals surface area contributed by atoms with Crippen molar-refractivity contribution in [3.8, 4) is 0 Å². The first-order valence-electron chi connectivity index (χ1n) is 6.73. The Kier molecular flexibility index (Phi) is 3.35. The van der Waals surface area contributed by atoms with Gasteiger partial charge in [-0.15, -0.1) is 0 Å². The standard InChI is InChI=1S/C15H18BrN3/c1-9(10-2-3-10)7-19-15-12-6-11(16)4-5-14(12)18-8-13(15)17/h4-6,8-10H,2-3,7,17H2,1H3,(H,18,19). The van der Waals surface area contributed by atoms with Crippen LogP contribution in [0, 0.1) is 11.8 Å². The summed E-state index contributed by atoms with van der Waals surface area (Å²) < 4.78 is 1.05. The Morgan fingerprint density at radius 3 is 3.00 bits per heavy atom. The number of aromatic nitrogens is 1. The van der Waals surface area contributed by atoms with Crippen LogP contribution < -0.4 is 11.1 Å². The fourth-order valence-corrected chi connectivity index (χ4v) is 2.83. The molecule has 2 aromatic rings. The molecular weight excluding hydrogens is 302 g/mol. The van der Waals surface area contributed by atoms with Crippen LogP contribution in [0.4, 0.5) is 11.4 Å². The predicted molar refractivity (Wildman–Crippen MR) is 84.2 cm³/mol. The lowest BCUT2D eigenvalue weighted by molar-refractivity contribution is 0.537. The van der Waals surface area contributed by atoms with E-state index >= 15 is 0 Å². The topological polar surface area (TPSA) is 50.9 Å². The van der Waals surface area contributed by atoms with Crippen molar-refractivity contribution in [2.24, 2.45) is 11.8 Å². The molecule has 1 aliphatic carbocycles. The van der Waals surface area contributed by atoms with Crippen molar-refractivity contribution >= 4 is 38.2 Å². The third-order valence-electron chi connectivity index (χ3n) is 3.89. The lowest BCUT2D eigenvalue weighted by atomic mass is 10.1. The summed E-state index contributed by atoms with van der Waals surface area (Å²) in [5.74, 6) is 1.60. The lowest BCUT2D eigenvalue weighted by Crippen LogP contribution is -2.14. The molecule has 1 aliphatic rings. The third-order valence-corrected chi connectivity index (χ3v) is 4.38. The number of benzene rings is 1. The average Bonchev–Trinajstić information content (AvgIpc) is 3.21. The molecule has 3 rings (SSSR count). The average molecular weight is 320 g/mol. The van der Waals surface area contributed by atoms with E-state index < -0.39 is 0 Å². The maximum Gasteiger partial charge on any atom is 0.0743 e. The van der Waals surface area contributed by atoms with Gasteiger partial charge in [0.15, 0.2) is 0 Å². The molecule has 19 heavy (non-hydrogen) atoms. The second-order valence-corrected chi connectivity index (χ2v) is 6.36. The molecule has 0 amide bonds. The number of nitrogens with one attached hydrogen (secondary N) is 1. The van der Waals surface area contributed by atoms with E-state index in [2.05, 4.69) is 39.2 Å². The molecule has 1 aromatic carbocycles. The molecule has 1 saturated carbocycles. The number of hydrogen-bond donors (Lipinski definition) is 2. The minimum atomic E-state index is 0.703. The molecule has 0 radical (unpaired) electrons. The van der Waals surface area contributed by atoms with E-state index in [1.54, 1.807) is 6.20 Å². The molecular formula is C15H18BrN3. The second kappa shape index (κ2) is 5.00. The smallest absolute Gasteiger partial charge is 0.0743 e. The molecule has 0 spiro atoms. The molecule has 1 unspecified atom stereocenters. The van der Waals surface area contributed by atoms with E-state index in [9.17, 15) is 0 Å². The maximum absolute atomic E-state index is 6.07. The summed E-state index contributed by atoms with van der Waals surface area (Å²) >= 11 is 3.51. The van der Waals surface area contributed by atoms with Gasteiger partial charge in [-0.1, -0.05) is 22.9 Å². The molecule has 4 heteroatoms. The summed E-state index contributed by atoms with van der Waals surface area (Å²) in [6.45, 7) is 3.28. The monoisotopic (exact) mass is 319 g/mol. The van der Waals surface area contributed by atoms with E-state index in [1.165, 1.54) is 12.8 Å². The SMILES string of the molecule is CC(CNc1c(N)cnc2ccc(Br)cc12)C1CC1. The zero-order valence-corrected chi connectivity index (χ0v) is 12.6. The Morgan fingerprint density at radius 1 is 1.47 bits per heavy atom. The van der Waals surface area contributed by atoms with Crippen molar-refractivity contribution in [1.29, 1.82) is 0 Å². The molecule has 3 nitrogen and oxygen atoms in total. The quantitative estimate of drug-likeness (QED) is 0.894. The normalized spacial score (nSPS) is 16.5. The van der Waals surface area contributed by atoms with Crippen LogP contribution in [-0.4, -0.2) is 11.5 Å². The van der Waals surface area contributed by atoms with Crippen LogP contribution in [0.2, 0.25) is 0 Å². The van der Waals surface area contributed by atoms with Crippen molar-refractivity contribution in [2.75, 3.05) is 17.6 Å². The van der Waals surface area contributed by atoms with E-state index in [4.69, 9.17) is 5.73 Å². The Morgan fingerprint density at radius 2 is 2.26 bits per heavy atom. The van der Waals surface area contributed by atoms with E-state index in [1.807, 2.05) is 12.1 Å². The van der Waals surface area contributed by atoms with Gasteiger partial charge in [-0.05, 0) is 42.9 Å². The summed E-state index contributed by atoms with van der Waals surface area (Å²) in [7, 11) is 0. The van der Waals surface area contributed by atoms with Crippen LogP contribution >= 0.6 is 15.9 Å². The van der Waals surface area contributed by atoms with Crippen LogP contribution in [0.25, 0.3) is 10.9 Å². The lowest BCUT2D eigenvalue weighted by Gasteiger charge is -2.16. The van der Waals surface area contributed by atoms with Gasteiger partial charge in [0, 0.05) is 16.4 Å². The first kappa shape index (κ1) is 12.7. The summed E-state index contributed by atoms with van der Waals surface area (Å²) in [6, 6.07) is 6.08. The van der Waals surface area contributed by atoms with Gasteiger partial charge in [0.25, 0.3) is 0 Å².